The molecule has 3 heteroatoms. The van der Waals surface area contributed by atoms with Gasteiger partial charge in [0.15, 0.2) is 0 Å². The first-order chi connectivity index (χ1) is 8.31. The Bertz CT molecular complexity index is 345. The lowest BCUT2D eigenvalue weighted by molar-refractivity contribution is 0.400. The number of aromatic nitrogens is 1. The summed E-state index contributed by atoms with van der Waals surface area (Å²) in [6, 6.07) is 2.78. The zero-order chi connectivity index (χ0) is 12.1. The van der Waals surface area contributed by atoms with Gasteiger partial charge >= 0.3 is 0 Å². The van der Waals surface area contributed by atoms with Crippen molar-refractivity contribution in [1.29, 1.82) is 0 Å². The van der Waals surface area contributed by atoms with Gasteiger partial charge in [-0.25, -0.2) is 0 Å². The Hall–Kier alpha value is -1.09. The summed E-state index contributed by atoms with van der Waals surface area (Å²) in [7, 11) is 0. The fraction of sp³-hybridized carbons (Fsp3) is 0.643. The second kappa shape index (κ2) is 6.01. The number of piperidine rings is 1. The summed E-state index contributed by atoms with van der Waals surface area (Å²) in [4.78, 5) is 6.62. The molecule has 0 spiro atoms. The second-order valence-electron chi connectivity index (χ2n) is 4.85. The summed E-state index contributed by atoms with van der Waals surface area (Å²) in [6.45, 7) is 7.71. The van der Waals surface area contributed by atoms with Crippen LogP contribution in [0.3, 0.4) is 0 Å². The molecule has 0 amide bonds. The highest BCUT2D eigenvalue weighted by molar-refractivity contribution is 5.51. The minimum absolute atomic E-state index is 0.649. The van der Waals surface area contributed by atoms with Crippen molar-refractivity contribution in [2.45, 2.75) is 39.2 Å². The lowest BCUT2D eigenvalue weighted by atomic mass is 10.0. The van der Waals surface area contributed by atoms with Gasteiger partial charge in [0.25, 0.3) is 0 Å². The van der Waals surface area contributed by atoms with E-state index < -0.39 is 0 Å². The number of hydrogen-bond acceptors (Lipinski definition) is 3. The van der Waals surface area contributed by atoms with Crippen molar-refractivity contribution in [2.75, 3.05) is 24.5 Å². The summed E-state index contributed by atoms with van der Waals surface area (Å²) < 4.78 is 0. The van der Waals surface area contributed by atoms with E-state index in [0.717, 1.165) is 13.1 Å². The average molecular weight is 233 g/mol. The summed E-state index contributed by atoms with van der Waals surface area (Å²) in [6.07, 6.45) is 7.84. The van der Waals surface area contributed by atoms with Crippen LogP contribution in [0.4, 0.5) is 5.69 Å². The van der Waals surface area contributed by atoms with Gasteiger partial charge in [-0.3, -0.25) is 4.98 Å². The zero-order valence-electron chi connectivity index (χ0n) is 10.9. The molecule has 0 bridgehead atoms. The van der Waals surface area contributed by atoms with Crippen molar-refractivity contribution >= 4 is 5.69 Å². The fourth-order valence-electron chi connectivity index (χ4n) is 2.56. The van der Waals surface area contributed by atoms with Crippen LogP contribution in [0.2, 0.25) is 0 Å². The third-order valence-corrected chi connectivity index (χ3v) is 3.57. The van der Waals surface area contributed by atoms with Gasteiger partial charge in [-0.15, -0.1) is 0 Å². The molecule has 1 aromatic rings. The van der Waals surface area contributed by atoms with E-state index >= 15 is 0 Å². The smallest absolute Gasteiger partial charge is 0.0427 e. The van der Waals surface area contributed by atoms with Crippen LogP contribution < -0.4 is 10.2 Å². The van der Waals surface area contributed by atoms with Crippen LogP contribution in [0, 0.1) is 6.92 Å². The molecule has 1 atom stereocenters. The summed E-state index contributed by atoms with van der Waals surface area (Å²) in [5, 5.41) is 3.62. The predicted molar refractivity (Wildman–Crippen MR) is 72.5 cm³/mol. The highest BCUT2D eigenvalue weighted by Gasteiger charge is 2.16. The normalized spacial score (nSPS) is 20.2. The first kappa shape index (κ1) is 12.4. The van der Waals surface area contributed by atoms with Crippen LogP contribution in [0.1, 0.15) is 31.7 Å². The topological polar surface area (TPSA) is 28.2 Å². The van der Waals surface area contributed by atoms with E-state index in [4.69, 9.17) is 0 Å². The van der Waals surface area contributed by atoms with Gasteiger partial charge in [0, 0.05) is 37.2 Å². The third kappa shape index (κ3) is 3.19. The van der Waals surface area contributed by atoms with Gasteiger partial charge in [-0.2, -0.15) is 0 Å². The van der Waals surface area contributed by atoms with Crippen LogP contribution in [-0.2, 0) is 0 Å². The molecule has 0 aromatic carbocycles. The molecular formula is C14H23N3. The van der Waals surface area contributed by atoms with E-state index in [9.17, 15) is 0 Å². The highest BCUT2D eigenvalue weighted by atomic mass is 15.2. The molecule has 3 nitrogen and oxygen atoms in total. The Balaban J connectivity index is 2.03. The van der Waals surface area contributed by atoms with Gasteiger partial charge in [0.05, 0.1) is 0 Å². The van der Waals surface area contributed by atoms with Gasteiger partial charge in [-0.1, -0.05) is 6.42 Å². The Morgan fingerprint density at radius 1 is 1.47 bits per heavy atom. The molecule has 2 rings (SSSR count). The monoisotopic (exact) mass is 233 g/mol. The molecule has 1 aromatic heterocycles. The molecule has 1 aliphatic heterocycles. The van der Waals surface area contributed by atoms with E-state index in [1.54, 1.807) is 0 Å². The lowest BCUT2D eigenvalue weighted by Gasteiger charge is -2.32. The Kier molecular flexibility index (Phi) is 4.37. The van der Waals surface area contributed by atoms with Gasteiger partial charge < -0.3 is 10.2 Å². The first-order valence-corrected chi connectivity index (χ1v) is 6.70. The standard InChI is InChI=1S/C14H23N3/c1-3-17(11-13-6-4-5-8-16-13)14-7-9-15-10-12(14)2/h7,9-10,13,16H,3-6,8,11H2,1-2H3. The minimum Gasteiger partial charge on any atom is -0.370 e. The van der Waals surface area contributed by atoms with E-state index in [-0.39, 0.29) is 0 Å². The Labute approximate surface area is 104 Å². The van der Waals surface area contributed by atoms with Crippen LogP contribution >= 0.6 is 0 Å². The lowest BCUT2D eigenvalue weighted by Crippen LogP contribution is -2.43. The maximum Gasteiger partial charge on any atom is 0.0427 e. The molecule has 1 N–H and O–H groups in total. The second-order valence-corrected chi connectivity index (χ2v) is 4.85. The summed E-state index contributed by atoms with van der Waals surface area (Å²) >= 11 is 0. The number of likely N-dealkylation sites (N-methyl/N-ethyl adjacent to an activating group) is 1. The molecule has 0 radical (unpaired) electrons. The maximum atomic E-state index is 4.17. The molecule has 0 saturated carbocycles. The number of nitrogens with one attached hydrogen (secondary N) is 1. The molecule has 94 valence electrons. The fourth-order valence-corrected chi connectivity index (χ4v) is 2.56. The van der Waals surface area contributed by atoms with Gasteiger partial charge in [-0.05, 0) is 44.9 Å². The summed E-state index contributed by atoms with van der Waals surface area (Å²) in [5.74, 6) is 0. The van der Waals surface area contributed by atoms with Crippen molar-refractivity contribution in [3.05, 3.63) is 24.0 Å². The third-order valence-electron chi connectivity index (χ3n) is 3.57. The molecule has 17 heavy (non-hydrogen) atoms. The number of anilines is 1. The van der Waals surface area contributed by atoms with Crippen LogP contribution in [0.25, 0.3) is 0 Å². The highest BCUT2D eigenvalue weighted by Crippen LogP contribution is 2.19. The molecule has 0 aliphatic carbocycles. The Morgan fingerprint density at radius 3 is 3.00 bits per heavy atom. The van der Waals surface area contributed by atoms with E-state index in [2.05, 4.69) is 35.1 Å². The van der Waals surface area contributed by atoms with Crippen molar-refractivity contribution in [1.82, 2.24) is 10.3 Å². The molecule has 1 fully saturated rings. The van der Waals surface area contributed by atoms with Crippen LogP contribution in [0.5, 0.6) is 0 Å². The molecule has 1 unspecified atom stereocenters. The molecular weight excluding hydrogens is 210 g/mol. The van der Waals surface area contributed by atoms with Gasteiger partial charge in [0.1, 0.15) is 0 Å². The summed E-state index contributed by atoms with van der Waals surface area (Å²) in [5.41, 5.74) is 2.60. The number of aryl methyl sites for hydroxylation is 1. The van der Waals surface area contributed by atoms with Crippen molar-refractivity contribution in [2.24, 2.45) is 0 Å². The van der Waals surface area contributed by atoms with Crippen LogP contribution in [-0.4, -0.2) is 30.7 Å². The van der Waals surface area contributed by atoms with E-state index in [1.165, 1.54) is 37.1 Å². The quantitative estimate of drug-likeness (QED) is 0.865. The van der Waals surface area contributed by atoms with Crippen LogP contribution in [0.15, 0.2) is 18.5 Å². The first-order valence-electron chi connectivity index (χ1n) is 6.70. The maximum absolute atomic E-state index is 4.17. The molecule has 1 aliphatic rings. The molecule has 2 heterocycles. The van der Waals surface area contributed by atoms with E-state index in [1.807, 2.05) is 12.4 Å². The number of nitrogens with zero attached hydrogens (tertiary/aromatic N) is 2. The average Bonchev–Trinajstić information content (AvgIpc) is 2.38. The van der Waals surface area contributed by atoms with Crippen molar-refractivity contribution in [3.63, 3.8) is 0 Å². The predicted octanol–water partition coefficient (Wildman–Crippen LogP) is 2.36. The SMILES string of the molecule is CCN(CC1CCCCN1)c1ccncc1C. The number of pyridine rings is 1. The van der Waals surface area contributed by atoms with Crippen molar-refractivity contribution < 1.29 is 0 Å². The zero-order valence-corrected chi connectivity index (χ0v) is 10.9. The Morgan fingerprint density at radius 2 is 2.35 bits per heavy atom. The van der Waals surface area contributed by atoms with E-state index in [0.29, 0.717) is 6.04 Å². The molecule has 1 saturated heterocycles. The number of hydrogen-bond donors (Lipinski definition) is 1. The largest absolute Gasteiger partial charge is 0.370 e. The minimum atomic E-state index is 0.649. The van der Waals surface area contributed by atoms with Crippen molar-refractivity contribution in [3.8, 4) is 0 Å². The van der Waals surface area contributed by atoms with Gasteiger partial charge in [0.2, 0.25) is 0 Å². The number of rotatable bonds is 4.